The molecule has 20 heavy (non-hydrogen) atoms. The zero-order valence-electron chi connectivity index (χ0n) is 11.5. The predicted molar refractivity (Wildman–Crippen MR) is 79.5 cm³/mol. The first-order valence-corrected chi connectivity index (χ1v) is 7.66. The molecule has 0 fully saturated rings. The van der Waals surface area contributed by atoms with E-state index in [2.05, 4.69) is 10.4 Å². The summed E-state index contributed by atoms with van der Waals surface area (Å²) >= 11 is 1.66. The molecular formula is C15H18N2O2S. The van der Waals surface area contributed by atoms with Crippen molar-refractivity contribution in [3.63, 3.8) is 0 Å². The maximum atomic E-state index is 6.28. The first-order chi connectivity index (χ1) is 9.72. The van der Waals surface area contributed by atoms with Crippen LogP contribution in [0, 0.1) is 6.92 Å². The number of thiazole rings is 1. The molecule has 0 amide bonds. The van der Waals surface area contributed by atoms with Crippen molar-refractivity contribution >= 4 is 11.3 Å². The van der Waals surface area contributed by atoms with Gasteiger partial charge in [0.1, 0.15) is 0 Å². The van der Waals surface area contributed by atoms with E-state index in [1.807, 2.05) is 25.1 Å². The van der Waals surface area contributed by atoms with Gasteiger partial charge in [0.2, 0.25) is 0 Å². The van der Waals surface area contributed by atoms with Gasteiger partial charge in [-0.1, -0.05) is 6.07 Å². The van der Waals surface area contributed by atoms with Crippen LogP contribution in [-0.2, 0) is 6.42 Å². The molecule has 1 aliphatic heterocycles. The molecule has 1 unspecified atom stereocenters. The number of aryl methyl sites for hydroxylation is 1. The van der Waals surface area contributed by atoms with Crippen molar-refractivity contribution < 1.29 is 9.47 Å². The van der Waals surface area contributed by atoms with Crippen LogP contribution in [0.2, 0.25) is 0 Å². The first kappa shape index (κ1) is 13.4. The highest BCUT2D eigenvalue weighted by molar-refractivity contribution is 7.09. The van der Waals surface area contributed by atoms with Gasteiger partial charge in [0.25, 0.3) is 0 Å². The monoisotopic (exact) mass is 290 g/mol. The molecule has 3 rings (SSSR count). The molecule has 1 atom stereocenters. The molecule has 2 heterocycles. The van der Waals surface area contributed by atoms with Gasteiger partial charge < -0.3 is 15.2 Å². The van der Waals surface area contributed by atoms with Crippen molar-refractivity contribution in [2.75, 3.05) is 13.2 Å². The second kappa shape index (κ2) is 5.81. The molecular weight excluding hydrogens is 272 g/mol. The van der Waals surface area contributed by atoms with E-state index in [4.69, 9.17) is 15.2 Å². The Morgan fingerprint density at radius 3 is 2.85 bits per heavy atom. The van der Waals surface area contributed by atoms with E-state index >= 15 is 0 Å². The van der Waals surface area contributed by atoms with Crippen molar-refractivity contribution in [1.29, 1.82) is 0 Å². The predicted octanol–water partition coefficient (Wildman–Crippen LogP) is 2.86. The van der Waals surface area contributed by atoms with Gasteiger partial charge in [-0.05, 0) is 24.6 Å². The fraction of sp³-hybridized carbons (Fsp3) is 0.400. The van der Waals surface area contributed by atoms with Gasteiger partial charge in [-0.25, -0.2) is 4.98 Å². The lowest BCUT2D eigenvalue weighted by Crippen LogP contribution is -2.13. The van der Waals surface area contributed by atoms with E-state index in [0.29, 0.717) is 13.2 Å². The minimum atomic E-state index is -0.0716. The third-order valence-corrected chi connectivity index (χ3v) is 4.25. The highest BCUT2D eigenvalue weighted by Crippen LogP contribution is 2.32. The fourth-order valence-corrected chi connectivity index (χ4v) is 3.04. The SMILES string of the molecule is Cc1csc(CC(N)c2ccc3c(c2)OCCCO3)n1. The van der Waals surface area contributed by atoms with E-state index in [9.17, 15) is 0 Å². The average Bonchev–Trinajstić information content (AvgIpc) is 2.72. The van der Waals surface area contributed by atoms with Crippen LogP contribution in [0.15, 0.2) is 23.6 Å². The number of hydrogen-bond acceptors (Lipinski definition) is 5. The highest BCUT2D eigenvalue weighted by atomic mass is 32.1. The summed E-state index contributed by atoms with van der Waals surface area (Å²) in [6.07, 6.45) is 1.66. The van der Waals surface area contributed by atoms with E-state index in [-0.39, 0.29) is 6.04 Å². The molecule has 106 valence electrons. The van der Waals surface area contributed by atoms with Crippen molar-refractivity contribution in [3.8, 4) is 11.5 Å². The number of aromatic nitrogens is 1. The van der Waals surface area contributed by atoms with Gasteiger partial charge in [0.05, 0.1) is 18.2 Å². The summed E-state index contributed by atoms with van der Waals surface area (Å²) in [4.78, 5) is 4.46. The number of nitrogens with zero attached hydrogens (tertiary/aromatic N) is 1. The van der Waals surface area contributed by atoms with Crippen molar-refractivity contribution in [2.24, 2.45) is 5.73 Å². The molecule has 4 nitrogen and oxygen atoms in total. The summed E-state index contributed by atoms with van der Waals surface area (Å²) in [6.45, 7) is 3.40. The second-order valence-electron chi connectivity index (χ2n) is 4.95. The Balaban J connectivity index is 1.77. The minimum absolute atomic E-state index is 0.0716. The van der Waals surface area contributed by atoms with Crippen LogP contribution in [0.1, 0.15) is 28.7 Å². The molecule has 0 aliphatic carbocycles. The molecule has 1 aromatic carbocycles. The minimum Gasteiger partial charge on any atom is -0.490 e. The number of hydrogen-bond donors (Lipinski definition) is 1. The number of fused-ring (bicyclic) bond motifs is 1. The zero-order chi connectivity index (χ0) is 13.9. The number of ether oxygens (including phenoxy) is 2. The smallest absolute Gasteiger partial charge is 0.161 e. The van der Waals surface area contributed by atoms with E-state index < -0.39 is 0 Å². The van der Waals surface area contributed by atoms with Crippen LogP contribution in [0.25, 0.3) is 0 Å². The quantitative estimate of drug-likeness (QED) is 0.944. The second-order valence-corrected chi connectivity index (χ2v) is 5.89. The summed E-state index contributed by atoms with van der Waals surface area (Å²) in [7, 11) is 0. The third-order valence-electron chi connectivity index (χ3n) is 3.26. The molecule has 0 saturated heterocycles. The molecule has 0 spiro atoms. The molecule has 0 bridgehead atoms. The topological polar surface area (TPSA) is 57.4 Å². The number of rotatable bonds is 3. The van der Waals surface area contributed by atoms with Gasteiger partial charge in [-0.3, -0.25) is 0 Å². The summed E-state index contributed by atoms with van der Waals surface area (Å²) in [5, 5.41) is 3.12. The van der Waals surface area contributed by atoms with Gasteiger partial charge in [-0.2, -0.15) is 0 Å². The zero-order valence-corrected chi connectivity index (χ0v) is 12.3. The van der Waals surface area contributed by atoms with Crippen LogP contribution in [0.4, 0.5) is 0 Å². The van der Waals surface area contributed by atoms with Crippen LogP contribution in [0.3, 0.4) is 0 Å². The molecule has 0 saturated carbocycles. The standard InChI is InChI=1S/C15H18N2O2S/c1-10-9-20-15(17-10)8-12(16)11-3-4-13-14(7-11)19-6-2-5-18-13/h3-4,7,9,12H,2,5-6,8,16H2,1H3. The summed E-state index contributed by atoms with van der Waals surface area (Å²) in [5.74, 6) is 1.61. The van der Waals surface area contributed by atoms with Gasteiger partial charge in [0, 0.05) is 30.0 Å². The summed E-state index contributed by atoms with van der Waals surface area (Å²) in [5.41, 5.74) is 8.39. The van der Waals surface area contributed by atoms with Crippen molar-refractivity contribution in [1.82, 2.24) is 4.98 Å². The molecule has 5 heteroatoms. The molecule has 1 aliphatic rings. The lowest BCUT2D eigenvalue weighted by Gasteiger charge is -2.14. The maximum absolute atomic E-state index is 6.28. The largest absolute Gasteiger partial charge is 0.490 e. The third kappa shape index (κ3) is 2.94. The normalized spacial score (nSPS) is 15.7. The Bertz CT molecular complexity index is 597. The number of nitrogens with two attached hydrogens (primary N) is 1. The van der Waals surface area contributed by atoms with Crippen LogP contribution < -0.4 is 15.2 Å². The van der Waals surface area contributed by atoms with Gasteiger partial charge >= 0.3 is 0 Å². The van der Waals surface area contributed by atoms with Crippen LogP contribution >= 0.6 is 11.3 Å². The lowest BCUT2D eigenvalue weighted by molar-refractivity contribution is 0.297. The Labute approximate surface area is 122 Å². The summed E-state index contributed by atoms with van der Waals surface area (Å²) < 4.78 is 11.3. The molecule has 2 N–H and O–H groups in total. The Morgan fingerprint density at radius 1 is 1.30 bits per heavy atom. The van der Waals surface area contributed by atoms with Gasteiger partial charge in [0.15, 0.2) is 11.5 Å². The van der Waals surface area contributed by atoms with Crippen molar-refractivity contribution in [3.05, 3.63) is 39.8 Å². The van der Waals surface area contributed by atoms with Gasteiger partial charge in [-0.15, -0.1) is 11.3 Å². The Hall–Kier alpha value is -1.59. The first-order valence-electron chi connectivity index (χ1n) is 6.78. The molecule has 2 aromatic rings. The average molecular weight is 290 g/mol. The summed E-state index contributed by atoms with van der Waals surface area (Å²) in [6, 6.07) is 5.88. The van der Waals surface area contributed by atoms with E-state index in [1.54, 1.807) is 11.3 Å². The molecule has 0 radical (unpaired) electrons. The van der Waals surface area contributed by atoms with E-state index in [1.165, 1.54) is 0 Å². The number of benzene rings is 1. The molecule has 1 aromatic heterocycles. The maximum Gasteiger partial charge on any atom is 0.161 e. The fourth-order valence-electron chi connectivity index (χ4n) is 2.21. The van der Waals surface area contributed by atoms with Crippen LogP contribution in [0.5, 0.6) is 11.5 Å². The highest BCUT2D eigenvalue weighted by Gasteiger charge is 2.15. The van der Waals surface area contributed by atoms with Crippen molar-refractivity contribution in [2.45, 2.75) is 25.8 Å². The lowest BCUT2D eigenvalue weighted by atomic mass is 10.0. The Kier molecular flexibility index (Phi) is 3.89. The van der Waals surface area contributed by atoms with Crippen LogP contribution in [-0.4, -0.2) is 18.2 Å². The Morgan fingerprint density at radius 2 is 2.10 bits per heavy atom. The van der Waals surface area contributed by atoms with E-state index in [0.717, 1.165) is 40.6 Å².